The molecule has 45 heavy (non-hydrogen) atoms. The van der Waals surface area contributed by atoms with Gasteiger partial charge in [0.1, 0.15) is 23.3 Å². The highest BCUT2D eigenvalue weighted by atomic mass is 32.1. The zero-order chi connectivity index (χ0) is 32.5. The van der Waals surface area contributed by atoms with Crippen LogP contribution in [0.2, 0.25) is 0 Å². The number of likely N-dealkylation sites (tertiary alicyclic amines) is 1. The Morgan fingerprint density at radius 3 is 2.40 bits per heavy atom. The van der Waals surface area contributed by atoms with E-state index in [0.717, 1.165) is 30.6 Å². The third-order valence-electron chi connectivity index (χ3n) is 7.82. The van der Waals surface area contributed by atoms with E-state index in [2.05, 4.69) is 20.3 Å². The van der Waals surface area contributed by atoms with Crippen molar-refractivity contribution in [3.05, 3.63) is 46.7 Å². The molecule has 5 rings (SSSR count). The van der Waals surface area contributed by atoms with E-state index in [1.54, 1.807) is 0 Å². The monoisotopic (exact) mass is 658 g/mol. The molecule has 1 atom stereocenters. The largest absolute Gasteiger partial charge is 0.496 e. The highest BCUT2D eigenvalue weighted by molar-refractivity contribution is 7.16. The maximum Gasteiger partial charge on any atom is 0.419 e. The van der Waals surface area contributed by atoms with Crippen molar-refractivity contribution in [1.82, 2.24) is 19.9 Å². The van der Waals surface area contributed by atoms with E-state index < -0.39 is 47.5 Å². The van der Waals surface area contributed by atoms with Crippen LogP contribution in [-0.4, -0.2) is 75.8 Å². The molecular formula is C28H28F6N6O4S. The summed E-state index contributed by atoms with van der Waals surface area (Å²) in [5.41, 5.74) is -1.18. The summed E-state index contributed by atoms with van der Waals surface area (Å²) >= 11 is 0.860. The van der Waals surface area contributed by atoms with Crippen molar-refractivity contribution in [3.63, 3.8) is 0 Å². The number of halogens is 6. The summed E-state index contributed by atoms with van der Waals surface area (Å²) in [6.45, 7) is 0.800. The SMILES string of the molecule is COc1ccc(-c2nc(NC(=O)c3cnc(N4CCC(C(=O)O)CC4)cn3)sc2CN2CCC[C@@H]2C(F)(F)F)cc1C(F)(F)F. The van der Waals surface area contributed by atoms with Gasteiger partial charge in [0.05, 0.1) is 36.7 Å². The van der Waals surface area contributed by atoms with Gasteiger partial charge in [-0.2, -0.15) is 26.3 Å². The number of carboxylic acid groups (broad SMARTS) is 1. The molecule has 1 amide bonds. The fourth-order valence-electron chi connectivity index (χ4n) is 5.50. The van der Waals surface area contributed by atoms with Crippen molar-refractivity contribution in [2.24, 2.45) is 5.92 Å². The summed E-state index contributed by atoms with van der Waals surface area (Å²) in [4.78, 5) is 40.3. The van der Waals surface area contributed by atoms with Crippen molar-refractivity contribution in [1.29, 1.82) is 0 Å². The Hall–Kier alpha value is -3.99. The van der Waals surface area contributed by atoms with Crippen LogP contribution in [0.15, 0.2) is 30.6 Å². The third-order valence-corrected chi connectivity index (χ3v) is 8.78. The van der Waals surface area contributed by atoms with Crippen LogP contribution < -0.4 is 15.0 Å². The van der Waals surface area contributed by atoms with Gasteiger partial charge in [-0.3, -0.25) is 19.8 Å². The predicted molar refractivity (Wildman–Crippen MR) is 151 cm³/mol. The van der Waals surface area contributed by atoms with Gasteiger partial charge in [-0.15, -0.1) is 0 Å². The normalized spacial score (nSPS) is 18.3. The zero-order valence-corrected chi connectivity index (χ0v) is 24.6. The molecule has 242 valence electrons. The van der Waals surface area contributed by atoms with Crippen LogP contribution in [0.3, 0.4) is 0 Å². The average molecular weight is 659 g/mol. The van der Waals surface area contributed by atoms with E-state index in [-0.39, 0.29) is 46.5 Å². The first-order chi connectivity index (χ1) is 21.2. The van der Waals surface area contributed by atoms with Gasteiger partial charge < -0.3 is 14.7 Å². The van der Waals surface area contributed by atoms with Gasteiger partial charge in [-0.05, 0) is 50.4 Å². The number of piperidine rings is 1. The number of anilines is 2. The lowest BCUT2D eigenvalue weighted by molar-refractivity contribution is -0.177. The number of amides is 1. The molecule has 0 saturated carbocycles. The van der Waals surface area contributed by atoms with Crippen LogP contribution in [0.5, 0.6) is 5.75 Å². The number of hydrogen-bond acceptors (Lipinski definition) is 9. The number of hydrogen-bond donors (Lipinski definition) is 2. The molecule has 0 spiro atoms. The lowest BCUT2D eigenvalue weighted by Crippen LogP contribution is -2.40. The third kappa shape index (κ3) is 7.30. The number of aromatic nitrogens is 3. The maximum absolute atomic E-state index is 13.8. The Morgan fingerprint density at radius 1 is 1.07 bits per heavy atom. The van der Waals surface area contributed by atoms with E-state index in [9.17, 15) is 41.0 Å². The first kappa shape index (κ1) is 32.4. The van der Waals surface area contributed by atoms with Crippen LogP contribution >= 0.6 is 11.3 Å². The van der Waals surface area contributed by atoms with Crippen LogP contribution in [0, 0.1) is 5.92 Å². The van der Waals surface area contributed by atoms with Gasteiger partial charge in [-0.1, -0.05) is 11.3 Å². The van der Waals surface area contributed by atoms with Gasteiger partial charge in [0.2, 0.25) is 0 Å². The Balaban J connectivity index is 1.40. The second kappa shape index (κ2) is 12.8. The van der Waals surface area contributed by atoms with E-state index in [1.807, 2.05) is 4.90 Å². The number of methoxy groups -OCH3 is 1. The molecule has 0 radical (unpaired) electrons. The van der Waals surface area contributed by atoms with Crippen molar-refractivity contribution in [2.45, 2.75) is 50.6 Å². The predicted octanol–water partition coefficient (Wildman–Crippen LogP) is 5.71. The van der Waals surface area contributed by atoms with E-state index in [4.69, 9.17) is 4.74 Å². The van der Waals surface area contributed by atoms with Crippen molar-refractivity contribution in [2.75, 3.05) is 37.0 Å². The van der Waals surface area contributed by atoms with Crippen molar-refractivity contribution < 1.29 is 45.8 Å². The smallest absolute Gasteiger partial charge is 0.419 e. The summed E-state index contributed by atoms with van der Waals surface area (Å²) in [7, 11) is 1.09. The van der Waals surface area contributed by atoms with Gasteiger partial charge in [0.15, 0.2) is 5.13 Å². The maximum atomic E-state index is 13.8. The number of rotatable bonds is 8. The number of carbonyl (C=O) groups is 2. The van der Waals surface area contributed by atoms with Crippen LogP contribution in [0.4, 0.5) is 37.3 Å². The Morgan fingerprint density at radius 2 is 1.80 bits per heavy atom. The molecule has 0 bridgehead atoms. The number of ether oxygens (including phenoxy) is 1. The fraction of sp³-hybridized carbons (Fsp3) is 0.464. The van der Waals surface area contributed by atoms with Gasteiger partial charge in [-0.25, -0.2) is 15.0 Å². The zero-order valence-electron chi connectivity index (χ0n) is 23.8. The lowest BCUT2D eigenvalue weighted by Gasteiger charge is -2.30. The molecule has 2 fully saturated rings. The fourth-order valence-corrected chi connectivity index (χ4v) is 6.51. The van der Waals surface area contributed by atoms with Crippen LogP contribution in [0.1, 0.15) is 46.6 Å². The number of thiazole rings is 1. The number of aliphatic carboxylic acids is 1. The second-order valence-corrected chi connectivity index (χ2v) is 11.8. The van der Waals surface area contributed by atoms with Crippen molar-refractivity contribution in [3.8, 4) is 17.0 Å². The Kier molecular flexibility index (Phi) is 9.21. The molecular weight excluding hydrogens is 630 g/mol. The first-order valence-electron chi connectivity index (χ1n) is 13.9. The highest BCUT2D eigenvalue weighted by Gasteiger charge is 2.46. The molecule has 1 aromatic carbocycles. The molecule has 4 heterocycles. The first-order valence-corrected chi connectivity index (χ1v) is 14.7. The second-order valence-electron chi connectivity index (χ2n) is 10.7. The van der Waals surface area contributed by atoms with Crippen LogP contribution in [0.25, 0.3) is 11.3 Å². The summed E-state index contributed by atoms with van der Waals surface area (Å²) in [5.74, 6) is -1.99. The molecule has 2 N–H and O–H groups in total. The number of carbonyl (C=O) groups excluding carboxylic acids is 1. The number of carboxylic acids is 1. The molecule has 2 aromatic heterocycles. The summed E-state index contributed by atoms with van der Waals surface area (Å²) in [5, 5.41) is 11.7. The van der Waals surface area contributed by atoms with Gasteiger partial charge in [0, 0.05) is 30.1 Å². The van der Waals surface area contributed by atoms with Gasteiger partial charge >= 0.3 is 18.3 Å². The molecule has 10 nitrogen and oxygen atoms in total. The molecule has 0 unspecified atom stereocenters. The molecule has 17 heteroatoms. The standard InChI is InChI=1S/C28H28F6N6O4S/c1-44-19-5-4-16(11-17(19)27(29,30)31)23-20(14-40-8-2-3-21(40)28(32,33)34)45-26(37-23)38-24(41)18-12-36-22(13-35-18)39-9-6-15(7-10-39)25(42)43/h4-5,11-13,15,21H,2-3,6-10,14H2,1H3,(H,42,43)(H,37,38,41)/t21-/m1/s1. The number of alkyl halides is 6. The van der Waals surface area contributed by atoms with Gasteiger partial charge in [0.25, 0.3) is 5.91 Å². The summed E-state index contributed by atoms with van der Waals surface area (Å²) in [6.07, 6.45) is -5.60. The minimum Gasteiger partial charge on any atom is -0.496 e. The number of nitrogens with zero attached hydrogens (tertiary/aromatic N) is 5. The highest BCUT2D eigenvalue weighted by Crippen LogP contribution is 2.42. The molecule has 2 aliphatic rings. The van der Waals surface area contributed by atoms with E-state index in [0.29, 0.717) is 38.2 Å². The molecule has 2 saturated heterocycles. The van der Waals surface area contributed by atoms with E-state index in [1.165, 1.54) is 23.4 Å². The number of benzene rings is 1. The summed E-state index contributed by atoms with van der Waals surface area (Å²) in [6, 6.07) is 1.54. The summed E-state index contributed by atoms with van der Waals surface area (Å²) < 4.78 is 87.2. The quantitative estimate of drug-likeness (QED) is 0.294. The molecule has 3 aromatic rings. The minimum atomic E-state index is -4.78. The molecule has 2 aliphatic heterocycles. The van der Waals surface area contributed by atoms with E-state index >= 15 is 0 Å². The number of nitrogens with one attached hydrogen (secondary N) is 1. The molecule has 0 aliphatic carbocycles. The average Bonchev–Trinajstić information content (AvgIpc) is 3.63. The topological polar surface area (TPSA) is 121 Å². The van der Waals surface area contributed by atoms with Crippen molar-refractivity contribution >= 4 is 34.2 Å². The van der Waals surface area contributed by atoms with Crippen LogP contribution in [-0.2, 0) is 17.5 Å². The lowest BCUT2D eigenvalue weighted by atomic mass is 9.97. The minimum absolute atomic E-state index is 0.00229. The Bertz CT molecular complexity index is 1540. The Labute approximate surface area is 257 Å².